The van der Waals surface area contributed by atoms with Gasteiger partial charge >= 0.3 is 0 Å². The van der Waals surface area contributed by atoms with E-state index in [4.69, 9.17) is 0 Å². The van der Waals surface area contributed by atoms with Crippen molar-refractivity contribution >= 4 is 34.3 Å². The van der Waals surface area contributed by atoms with Crippen LogP contribution < -0.4 is 5.32 Å². The fourth-order valence-electron chi connectivity index (χ4n) is 0.710. The smallest absolute Gasteiger partial charge is 0.222 e. The van der Waals surface area contributed by atoms with Crippen LogP contribution in [-0.4, -0.2) is 10.9 Å². The standard InChI is InChI=1S/C7H6FIN2O/c1-4(12)10-7-3-5(9)2-6(8)11-7/h2-3H,1H3,(H,10,11,12). The van der Waals surface area contributed by atoms with Gasteiger partial charge in [-0.05, 0) is 28.7 Å². The molecule has 1 amide bonds. The van der Waals surface area contributed by atoms with Gasteiger partial charge < -0.3 is 5.32 Å². The second-order valence-corrected chi connectivity index (χ2v) is 3.42. The van der Waals surface area contributed by atoms with Crippen LogP contribution >= 0.6 is 22.6 Å². The van der Waals surface area contributed by atoms with Gasteiger partial charge in [-0.2, -0.15) is 4.39 Å². The number of anilines is 1. The molecule has 1 aromatic heterocycles. The lowest BCUT2D eigenvalue weighted by atomic mass is 10.4. The summed E-state index contributed by atoms with van der Waals surface area (Å²) in [5, 5.41) is 2.39. The summed E-state index contributed by atoms with van der Waals surface area (Å²) in [5.41, 5.74) is 0. The van der Waals surface area contributed by atoms with E-state index in [0.717, 1.165) is 0 Å². The molecule has 0 fully saturated rings. The second-order valence-electron chi connectivity index (χ2n) is 2.17. The van der Waals surface area contributed by atoms with Crippen LogP contribution in [0.5, 0.6) is 0 Å². The van der Waals surface area contributed by atoms with Crippen LogP contribution in [0.3, 0.4) is 0 Å². The lowest BCUT2D eigenvalue weighted by Gasteiger charge is -2.00. The molecule has 0 aliphatic rings. The van der Waals surface area contributed by atoms with E-state index in [1.807, 2.05) is 22.6 Å². The molecule has 0 bridgehead atoms. The summed E-state index contributed by atoms with van der Waals surface area (Å²) < 4.78 is 13.3. The molecule has 1 N–H and O–H groups in total. The molecular formula is C7H6FIN2O. The predicted molar refractivity (Wildman–Crippen MR) is 51.2 cm³/mol. The van der Waals surface area contributed by atoms with Crippen molar-refractivity contribution < 1.29 is 9.18 Å². The second kappa shape index (κ2) is 3.79. The van der Waals surface area contributed by atoms with E-state index in [1.54, 1.807) is 6.07 Å². The average molecular weight is 280 g/mol. The summed E-state index contributed by atoms with van der Waals surface area (Å²) in [5.74, 6) is -0.610. The summed E-state index contributed by atoms with van der Waals surface area (Å²) in [4.78, 5) is 14.0. The van der Waals surface area contributed by atoms with Gasteiger partial charge in [-0.25, -0.2) is 4.98 Å². The van der Waals surface area contributed by atoms with E-state index in [9.17, 15) is 9.18 Å². The molecule has 0 aliphatic heterocycles. The molecule has 64 valence electrons. The van der Waals surface area contributed by atoms with E-state index in [2.05, 4.69) is 10.3 Å². The first-order valence-corrected chi connectivity index (χ1v) is 4.26. The Labute approximate surface area is 82.5 Å². The molecule has 0 saturated carbocycles. The van der Waals surface area contributed by atoms with Gasteiger partial charge in [-0.15, -0.1) is 0 Å². The number of carbonyl (C=O) groups is 1. The number of pyridine rings is 1. The van der Waals surface area contributed by atoms with Crippen LogP contribution in [0.25, 0.3) is 0 Å². The van der Waals surface area contributed by atoms with Gasteiger partial charge in [0.1, 0.15) is 5.82 Å². The third-order valence-electron chi connectivity index (χ3n) is 1.06. The highest BCUT2D eigenvalue weighted by molar-refractivity contribution is 14.1. The molecule has 0 aliphatic carbocycles. The molecule has 0 aromatic carbocycles. The number of amides is 1. The van der Waals surface area contributed by atoms with Crippen molar-refractivity contribution in [3.8, 4) is 0 Å². The van der Waals surface area contributed by atoms with E-state index >= 15 is 0 Å². The number of carbonyl (C=O) groups excluding carboxylic acids is 1. The summed E-state index contributed by atoms with van der Waals surface area (Å²) in [6.07, 6.45) is 0. The Balaban J connectivity index is 2.93. The average Bonchev–Trinajstić information content (AvgIpc) is 1.81. The number of hydrogen-bond donors (Lipinski definition) is 1. The zero-order valence-corrected chi connectivity index (χ0v) is 8.42. The van der Waals surface area contributed by atoms with Gasteiger partial charge in [0.15, 0.2) is 0 Å². The lowest BCUT2D eigenvalue weighted by Crippen LogP contribution is -2.08. The fourth-order valence-corrected chi connectivity index (χ4v) is 1.26. The normalized spacial score (nSPS) is 9.58. The minimum Gasteiger partial charge on any atom is -0.311 e. The van der Waals surface area contributed by atoms with Crippen LogP contribution in [0, 0.1) is 9.52 Å². The zero-order chi connectivity index (χ0) is 9.14. The van der Waals surface area contributed by atoms with Gasteiger partial charge in [0.05, 0.1) is 0 Å². The molecule has 1 rings (SSSR count). The van der Waals surface area contributed by atoms with Crippen molar-refractivity contribution in [3.05, 3.63) is 21.7 Å². The molecule has 0 saturated heterocycles. The molecule has 5 heteroatoms. The summed E-state index contributed by atoms with van der Waals surface area (Å²) in [7, 11) is 0. The highest BCUT2D eigenvalue weighted by Crippen LogP contribution is 2.11. The zero-order valence-electron chi connectivity index (χ0n) is 6.27. The number of nitrogens with zero attached hydrogens (tertiary/aromatic N) is 1. The van der Waals surface area contributed by atoms with E-state index < -0.39 is 5.95 Å². The predicted octanol–water partition coefficient (Wildman–Crippen LogP) is 1.78. The van der Waals surface area contributed by atoms with Gasteiger partial charge in [-0.3, -0.25) is 4.79 Å². The largest absolute Gasteiger partial charge is 0.311 e. The third-order valence-corrected chi connectivity index (χ3v) is 1.69. The summed E-state index contributed by atoms with van der Waals surface area (Å²) in [6.45, 7) is 1.35. The summed E-state index contributed by atoms with van der Waals surface area (Å²) >= 11 is 1.95. The van der Waals surface area contributed by atoms with E-state index in [1.165, 1.54) is 13.0 Å². The molecule has 0 atom stereocenters. The van der Waals surface area contributed by atoms with Gasteiger partial charge in [0.2, 0.25) is 11.9 Å². The minimum absolute atomic E-state index is 0.243. The number of nitrogens with one attached hydrogen (secondary N) is 1. The topological polar surface area (TPSA) is 42.0 Å². The molecule has 1 heterocycles. The number of halogens is 2. The fraction of sp³-hybridized carbons (Fsp3) is 0.143. The van der Waals surface area contributed by atoms with Crippen LogP contribution in [0.15, 0.2) is 12.1 Å². The van der Waals surface area contributed by atoms with E-state index in [-0.39, 0.29) is 11.7 Å². The molecular weight excluding hydrogens is 274 g/mol. The van der Waals surface area contributed by atoms with Crippen LogP contribution in [0.4, 0.5) is 10.2 Å². The number of aromatic nitrogens is 1. The first kappa shape index (κ1) is 9.37. The Hall–Kier alpha value is -0.720. The van der Waals surface area contributed by atoms with E-state index in [0.29, 0.717) is 3.57 Å². The maximum Gasteiger partial charge on any atom is 0.222 e. The van der Waals surface area contributed by atoms with Crippen molar-refractivity contribution in [1.29, 1.82) is 0 Å². The van der Waals surface area contributed by atoms with Crippen molar-refractivity contribution in [2.45, 2.75) is 6.92 Å². The Kier molecular flexibility index (Phi) is 2.96. The Morgan fingerprint density at radius 1 is 1.67 bits per heavy atom. The highest BCUT2D eigenvalue weighted by atomic mass is 127. The van der Waals surface area contributed by atoms with Crippen molar-refractivity contribution in [3.63, 3.8) is 0 Å². The third kappa shape index (κ3) is 2.72. The molecule has 0 spiro atoms. The quantitative estimate of drug-likeness (QED) is 0.629. The Morgan fingerprint density at radius 3 is 2.83 bits per heavy atom. The first-order valence-electron chi connectivity index (χ1n) is 3.18. The Bertz CT molecular complexity index is 296. The van der Waals surface area contributed by atoms with Crippen molar-refractivity contribution in [1.82, 2.24) is 4.98 Å². The monoisotopic (exact) mass is 280 g/mol. The molecule has 0 radical (unpaired) electrons. The SMILES string of the molecule is CC(=O)Nc1cc(I)cc(F)n1. The highest BCUT2D eigenvalue weighted by Gasteiger charge is 2.00. The van der Waals surface area contributed by atoms with Crippen molar-refractivity contribution in [2.24, 2.45) is 0 Å². The lowest BCUT2D eigenvalue weighted by molar-refractivity contribution is -0.114. The van der Waals surface area contributed by atoms with Crippen LogP contribution in [-0.2, 0) is 4.79 Å². The molecule has 3 nitrogen and oxygen atoms in total. The minimum atomic E-state index is -0.592. The first-order chi connectivity index (χ1) is 5.58. The molecule has 0 unspecified atom stereocenters. The van der Waals surface area contributed by atoms with Crippen LogP contribution in [0.1, 0.15) is 6.92 Å². The van der Waals surface area contributed by atoms with Gasteiger partial charge in [-0.1, -0.05) is 0 Å². The van der Waals surface area contributed by atoms with Gasteiger partial charge in [0, 0.05) is 16.6 Å². The molecule has 1 aromatic rings. The van der Waals surface area contributed by atoms with Crippen molar-refractivity contribution in [2.75, 3.05) is 5.32 Å². The summed E-state index contributed by atoms with van der Waals surface area (Å²) in [6, 6.07) is 2.87. The van der Waals surface area contributed by atoms with Crippen LogP contribution in [0.2, 0.25) is 0 Å². The number of hydrogen-bond acceptors (Lipinski definition) is 2. The maximum atomic E-state index is 12.6. The maximum absolute atomic E-state index is 12.6. The number of rotatable bonds is 1. The molecule has 12 heavy (non-hydrogen) atoms. The van der Waals surface area contributed by atoms with Gasteiger partial charge in [0.25, 0.3) is 0 Å². The Morgan fingerprint density at radius 2 is 2.33 bits per heavy atom.